The lowest BCUT2D eigenvalue weighted by Gasteiger charge is -2.17. The Balaban J connectivity index is 2.91. The molecule has 0 saturated heterocycles. The molecule has 2 nitrogen and oxygen atoms in total. The third-order valence-electron chi connectivity index (χ3n) is 2.22. The number of thiol groups is 1. The molecule has 0 bridgehead atoms. The van der Waals surface area contributed by atoms with Crippen LogP contribution in [-0.2, 0) is 18.9 Å². The van der Waals surface area contributed by atoms with Crippen LogP contribution in [0.2, 0.25) is 0 Å². The number of nitrogens with zero attached hydrogens (tertiary/aromatic N) is 2. The summed E-state index contributed by atoms with van der Waals surface area (Å²) < 4.78 is 1.91. The molecule has 14 heavy (non-hydrogen) atoms. The monoisotopic (exact) mass is 212 g/mol. The van der Waals surface area contributed by atoms with Crippen LogP contribution in [0, 0.1) is 0 Å². The summed E-state index contributed by atoms with van der Waals surface area (Å²) in [4.78, 5) is 0. The van der Waals surface area contributed by atoms with Crippen LogP contribution in [0.1, 0.15) is 38.4 Å². The van der Waals surface area contributed by atoms with Gasteiger partial charge in [0, 0.05) is 18.7 Å². The van der Waals surface area contributed by atoms with E-state index in [1.807, 2.05) is 11.7 Å². The summed E-state index contributed by atoms with van der Waals surface area (Å²) >= 11 is 4.24. The lowest BCUT2D eigenvalue weighted by Crippen LogP contribution is -2.14. The molecule has 0 aliphatic heterocycles. The molecule has 0 N–H and O–H groups in total. The van der Waals surface area contributed by atoms with Crippen LogP contribution in [0.5, 0.6) is 0 Å². The van der Waals surface area contributed by atoms with Gasteiger partial charge in [0.05, 0.1) is 5.69 Å². The second kappa shape index (κ2) is 4.39. The number of hydrogen-bond acceptors (Lipinski definition) is 2. The van der Waals surface area contributed by atoms with Crippen molar-refractivity contribution < 1.29 is 0 Å². The van der Waals surface area contributed by atoms with Gasteiger partial charge in [-0.15, -0.1) is 0 Å². The SMILES string of the molecule is Cn1cc(CCCS)c(C(C)(C)C)n1. The quantitative estimate of drug-likeness (QED) is 0.762. The fourth-order valence-electron chi connectivity index (χ4n) is 1.62. The van der Waals surface area contributed by atoms with E-state index in [1.54, 1.807) is 0 Å². The molecule has 0 unspecified atom stereocenters. The smallest absolute Gasteiger partial charge is 0.0709 e. The molecule has 0 radical (unpaired) electrons. The van der Waals surface area contributed by atoms with Crippen LogP contribution in [-0.4, -0.2) is 15.5 Å². The largest absolute Gasteiger partial charge is 0.275 e. The molecule has 0 aliphatic carbocycles. The third-order valence-corrected chi connectivity index (χ3v) is 2.54. The lowest BCUT2D eigenvalue weighted by atomic mass is 9.88. The van der Waals surface area contributed by atoms with Gasteiger partial charge in [-0.1, -0.05) is 20.8 Å². The topological polar surface area (TPSA) is 17.8 Å². The molecule has 1 aromatic heterocycles. The van der Waals surface area contributed by atoms with Gasteiger partial charge in [-0.25, -0.2) is 0 Å². The van der Waals surface area contributed by atoms with Crippen LogP contribution in [0.4, 0.5) is 0 Å². The van der Waals surface area contributed by atoms with Gasteiger partial charge in [0.1, 0.15) is 0 Å². The van der Waals surface area contributed by atoms with E-state index in [4.69, 9.17) is 0 Å². The van der Waals surface area contributed by atoms with Crippen LogP contribution in [0.3, 0.4) is 0 Å². The summed E-state index contributed by atoms with van der Waals surface area (Å²) in [5.41, 5.74) is 2.74. The molecule has 0 atom stereocenters. The Bertz CT molecular complexity index is 297. The van der Waals surface area contributed by atoms with Crippen LogP contribution >= 0.6 is 12.6 Å². The van der Waals surface area contributed by atoms with Gasteiger partial charge in [0.25, 0.3) is 0 Å². The van der Waals surface area contributed by atoms with Crippen molar-refractivity contribution in [2.75, 3.05) is 5.75 Å². The lowest BCUT2D eigenvalue weighted by molar-refractivity contribution is 0.547. The zero-order valence-corrected chi connectivity index (χ0v) is 10.4. The Morgan fingerprint density at radius 2 is 2.07 bits per heavy atom. The Morgan fingerprint density at radius 3 is 2.57 bits per heavy atom. The van der Waals surface area contributed by atoms with Crippen molar-refractivity contribution in [3.05, 3.63) is 17.5 Å². The molecule has 0 aliphatic rings. The van der Waals surface area contributed by atoms with Crippen molar-refractivity contribution in [1.82, 2.24) is 9.78 Å². The van der Waals surface area contributed by atoms with Crippen LogP contribution < -0.4 is 0 Å². The maximum Gasteiger partial charge on any atom is 0.0709 e. The zero-order chi connectivity index (χ0) is 10.8. The predicted molar refractivity (Wildman–Crippen MR) is 64.1 cm³/mol. The highest BCUT2D eigenvalue weighted by Gasteiger charge is 2.21. The van der Waals surface area contributed by atoms with Crippen molar-refractivity contribution in [3.8, 4) is 0 Å². The molecule has 80 valence electrons. The Kier molecular flexibility index (Phi) is 3.65. The summed E-state index contributed by atoms with van der Waals surface area (Å²) in [6, 6.07) is 0. The van der Waals surface area contributed by atoms with Crippen molar-refractivity contribution in [2.45, 2.75) is 39.0 Å². The van der Waals surface area contributed by atoms with Crippen molar-refractivity contribution in [3.63, 3.8) is 0 Å². The molecular formula is C11H20N2S. The summed E-state index contributed by atoms with van der Waals surface area (Å²) in [6.45, 7) is 6.62. The minimum Gasteiger partial charge on any atom is -0.275 e. The molecule has 0 fully saturated rings. The van der Waals surface area contributed by atoms with Gasteiger partial charge in [-0.3, -0.25) is 4.68 Å². The summed E-state index contributed by atoms with van der Waals surface area (Å²) in [6.07, 6.45) is 4.34. The minimum absolute atomic E-state index is 0.146. The van der Waals surface area contributed by atoms with Gasteiger partial charge in [-0.2, -0.15) is 17.7 Å². The standard InChI is InChI=1S/C11H20N2S/c1-11(2,3)10-9(6-5-7-14)8-13(4)12-10/h8,14H,5-7H2,1-4H3. The molecule has 1 heterocycles. The highest BCUT2D eigenvalue weighted by molar-refractivity contribution is 7.80. The number of aryl methyl sites for hydroxylation is 2. The molecule has 0 amide bonds. The third kappa shape index (κ3) is 2.77. The molecule has 1 rings (SSSR count). The highest BCUT2D eigenvalue weighted by Crippen LogP contribution is 2.24. The number of hydrogen-bond donors (Lipinski definition) is 1. The molecule has 3 heteroatoms. The van der Waals surface area contributed by atoms with E-state index in [0.29, 0.717) is 0 Å². The maximum absolute atomic E-state index is 4.53. The van der Waals surface area contributed by atoms with Gasteiger partial charge in [0.15, 0.2) is 0 Å². The van der Waals surface area contributed by atoms with E-state index in [9.17, 15) is 0 Å². The average molecular weight is 212 g/mol. The molecule has 0 aromatic carbocycles. The van der Waals surface area contributed by atoms with E-state index in [1.165, 1.54) is 11.3 Å². The molecule has 1 aromatic rings. The second-order valence-electron chi connectivity index (χ2n) is 4.75. The van der Waals surface area contributed by atoms with E-state index >= 15 is 0 Å². The number of rotatable bonds is 3. The van der Waals surface area contributed by atoms with Gasteiger partial charge >= 0.3 is 0 Å². The van der Waals surface area contributed by atoms with E-state index < -0.39 is 0 Å². The normalized spacial score (nSPS) is 12.1. The van der Waals surface area contributed by atoms with Crippen molar-refractivity contribution in [2.24, 2.45) is 7.05 Å². The first-order valence-corrected chi connectivity index (χ1v) is 5.72. The Hall–Kier alpha value is -0.440. The first kappa shape index (κ1) is 11.6. The first-order valence-electron chi connectivity index (χ1n) is 5.09. The Morgan fingerprint density at radius 1 is 1.43 bits per heavy atom. The fraction of sp³-hybridized carbons (Fsp3) is 0.727. The van der Waals surface area contributed by atoms with Crippen molar-refractivity contribution >= 4 is 12.6 Å². The number of aromatic nitrogens is 2. The van der Waals surface area contributed by atoms with Crippen molar-refractivity contribution in [1.29, 1.82) is 0 Å². The van der Waals surface area contributed by atoms with E-state index in [0.717, 1.165) is 18.6 Å². The average Bonchev–Trinajstić information content (AvgIpc) is 2.42. The minimum atomic E-state index is 0.146. The summed E-state index contributed by atoms with van der Waals surface area (Å²) in [5, 5.41) is 4.53. The molecule has 0 spiro atoms. The predicted octanol–water partition coefficient (Wildman–Crippen LogP) is 2.58. The van der Waals surface area contributed by atoms with Gasteiger partial charge in [0.2, 0.25) is 0 Å². The van der Waals surface area contributed by atoms with E-state index in [2.05, 4.69) is 44.7 Å². The molecule has 0 saturated carbocycles. The zero-order valence-electron chi connectivity index (χ0n) is 9.54. The summed E-state index contributed by atoms with van der Waals surface area (Å²) in [7, 11) is 1.99. The molecular weight excluding hydrogens is 192 g/mol. The highest BCUT2D eigenvalue weighted by atomic mass is 32.1. The summed E-state index contributed by atoms with van der Waals surface area (Å²) in [5.74, 6) is 0.943. The van der Waals surface area contributed by atoms with Crippen LogP contribution in [0.15, 0.2) is 6.20 Å². The van der Waals surface area contributed by atoms with Gasteiger partial charge in [-0.05, 0) is 24.2 Å². The first-order chi connectivity index (χ1) is 6.45. The van der Waals surface area contributed by atoms with E-state index in [-0.39, 0.29) is 5.41 Å². The Labute approximate surface area is 92.1 Å². The fourth-order valence-corrected chi connectivity index (χ4v) is 1.78. The second-order valence-corrected chi connectivity index (χ2v) is 5.20. The van der Waals surface area contributed by atoms with Crippen LogP contribution in [0.25, 0.3) is 0 Å². The van der Waals surface area contributed by atoms with Gasteiger partial charge < -0.3 is 0 Å². The maximum atomic E-state index is 4.53.